The second kappa shape index (κ2) is 34.2. The number of allylic oxidation sites excluding steroid dienone is 14. The van der Waals surface area contributed by atoms with Crippen molar-refractivity contribution in [2.75, 3.05) is 26.4 Å². The van der Waals surface area contributed by atoms with Gasteiger partial charge in [0.2, 0.25) is 0 Å². The van der Waals surface area contributed by atoms with E-state index in [0.29, 0.717) is 13.0 Å². The Labute approximate surface area is 314 Å². The number of ether oxygens (including phenoxy) is 4. The van der Waals surface area contributed by atoms with Gasteiger partial charge in [-0.25, -0.2) is 0 Å². The Balaban J connectivity index is 2.38. The molecular formula is C43H70O9. The van der Waals surface area contributed by atoms with E-state index in [1.165, 1.54) is 19.3 Å². The Morgan fingerprint density at radius 1 is 0.615 bits per heavy atom. The second-order valence-electron chi connectivity index (χ2n) is 13.0. The molecule has 0 saturated carbocycles. The summed E-state index contributed by atoms with van der Waals surface area (Å²) < 4.78 is 22.6. The van der Waals surface area contributed by atoms with Gasteiger partial charge >= 0.3 is 5.97 Å². The number of aliphatic hydroxyl groups is 4. The molecule has 0 aromatic carbocycles. The zero-order valence-corrected chi connectivity index (χ0v) is 32.0. The first kappa shape index (κ1) is 47.4. The molecule has 1 aliphatic heterocycles. The molecular weight excluding hydrogens is 660 g/mol. The Kier molecular flexibility index (Phi) is 31.1. The number of hydrogen-bond acceptors (Lipinski definition) is 9. The van der Waals surface area contributed by atoms with Gasteiger partial charge < -0.3 is 39.4 Å². The highest BCUT2D eigenvalue weighted by molar-refractivity contribution is 5.69. The summed E-state index contributed by atoms with van der Waals surface area (Å²) in [4.78, 5) is 12.7. The maximum atomic E-state index is 12.7. The minimum Gasteiger partial charge on any atom is -0.457 e. The molecule has 0 bridgehead atoms. The SMILES string of the molecule is CC/C=C\C/C=C\C/C=C\C/C=C\CCC(=O)OC(COCCCCCCCC/C=C\C/C=C\C/C=C\CC)COC1OC(CO)C(O)C(O)C1O. The van der Waals surface area contributed by atoms with Crippen LogP contribution in [-0.2, 0) is 23.7 Å². The minimum atomic E-state index is -1.55. The third-order valence-corrected chi connectivity index (χ3v) is 8.32. The molecule has 6 atom stereocenters. The zero-order chi connectivity index (χ0) is 37.9. The van der Waals surface area contributed by atoms with Gasteiger partial charge in [-0.15, -0.1) is 0 Å². The van der Waals surface area contributed by atoms with Crippen molar-refractivity contribution in [2.24, 2.45) is 0 Å². The third-order valence-electron chi connectivity index (χ3n) is 8.32. The quantitative estimate of drug-likeness (QED) is 0.0319. The molecule has 0 amide bonds. The lowest BCUT2D eigenvalue weighted by Gasteiger charge is -2.39. The van der Waals surface area contributed by atoms with Crippen LogP contribution in [0.15, 0.2) is 85.1 Å². The van der Waals surface area contributed by atoms with Crippen LogP contribution in [0.5, 0.6) is 0 Å². The molecule has 0 aromatic heterocycles. The van der Waals surface area contributed by atoms with E-state index in [1.54, 1.807) is 0 Å². The third kappa shape index (κ3) is 25.4. The van der Waals surface area contributed by atoms with E-state index in [1.807, 2.05) is 12.2 Å². The van der Waals surface area contributed by atoms with Gasteiger partial charge in [-0.3, -0.25) is 4.79 Å². The molecule has 1 heterocycles. The minimum absolute atomic E-state index is 0.101. The van der Waals surface area contributed by atoms with Crippen molar-refractivity contribution in [3.63, 3.8) is 0 Å². The number of hydrogen-bond donors (Lipinski definition) is 4. The van der Waals surface area contributed by atoms with E-state index in [2.05, 4.69) is 86.8 Å². The predicted octanol–water partition coefficient (Wildman–Crippen LogP) is 7.91. The summed E-state index contributed by atoms with van der Waals surface area (Å²) in [5.74, 6) is -0.403. The molecule has 0 aliphatic carbocycles. The number of aliphatic hydroxyl groups excluding tert-OH is 4. The molecule has 9 nitrogen and oxygen atoms in total. The summed E-state index contributed by atoms with van der Waals surface area (Å²) in [7, 11) is 0. The van der Waals surface area contributed by atoms with Crippen LogP contribution in [-0.4, -0.2) is 89.6 Å². The van der Waals surface area contributed by atoms with Crippen LogP contribution >= 0.6 is 0 Å². The zero-order valence-electron chi connectivity index (χ0n) is 32.0. The Bertz CT molecular complexity index is 1060. The fourth-order valence-electron chi connectivity index (χ4n) is 5.28. The van der Waals surface area contributed by atoms with Crippen LogP contribution in [0.2, 0.25) is 0 Å². The summed E-state index contributed by atoms with van der Waals surface area (Å²) in [6.07, 6.45) is 37.7. The lowest BCUT2D eigenvalue weighted by Crippen LogP contribution is -2.59. The summed E-state index contributed by atoms with van der Waals surface area (Å²) in [6, 6.07) is 0. The van der Waals surface area contributed by atoms with Crippen molar-refractivity contribution in [2.45, 2.75) is 153 Å². The molecule has 1 fully saturated rings. The van der Waals surface area contributed by atoms with Gasteiger partial charge in [-0.2, -0.15) is 0 Å². The van der Waals surface area contributed by atoms with Crippen LogP contribution in [0.3, 0.4) is 0 Å². The number of carbonyl (C=O) groups excluding carboxylic acids is 1. The van der Waals surface area contributed by atoms with Crippen LogP contribution in [0.1, 0.15) is 117 Å². The summed E-state index contributed by atoms with van der Waals surface area (Å²) >= 11 is 0. The predicted molar refractivity (Wildman–Crippen MR) is 210 cm³/mol. The second-order valence-corrected chi connectivity index (χ2v) is 13.0. The molecule has 4 N–H and O–H groups in total. The first-order chi connectivity index (χ1) is 25.4. The van der Waals surface area contributed by atoms with E-state index in [9.17, 15) is 25.2 Å². The number of carbonyl (C=O) groups is 1. The molecule has 1 rings (SSSR count). The molecule has 52 heavy (non-hydrogen) atoms. The van der Waals surface area contributed by atoms with Crippen molar-refractivity contribution in [3.8, 4) is 0 Å². The highest BCUT2D eigenvalue weighted by Gasteiger charge is 2.44. The van der Waals surface area contributed by atoms with E-state index in [0.717, 1.165) is 70.6 Å². The molecule has 6 unspecified atom stereocenters. The van der Waals surface area contributed by atoms with Gasteiger partial charge in [0.25, 0.3) is 0 Å². The Morgan fingerprint density at radius 2 is 1.12 bits per heavy atom. The number of rotatable bonds is 31. The molecule has 0 aromatic rings. The van der Waals surface area contributed by atoms with Gasteiger partial charge in [-0.1, -0.05) is 125 Å². The standard InChI is InChI=1S/C43H70O9/c1-3-5-7-9-11-13-15-17-18-19-21-23-25-27-29-31-33-49-35-37(36-50-43-42(48)41(47)40(46)38(34-44)52-43)51-39(45)32-30-28-26-24-22-20-16-14-12-10-8-6-4-2/h5-8,11-14,17-18,20,22,26,28,37-38,40-44,46-48H,3-4,9-10,15-16,19,21,23-25,27,29-36H2,1-2H3/b7-5-,8-6-,13-11-,14-12-,18-17-,22-20-,28-26-. The van der Waals surface area contributed by atoms with E-state index >= 15 is 0 Å². The summed E-state index contributed by atoms with van der Waals surface area (Å²) in [6.45, 7) is 4.17. The fraction of sp³-hybridized carbons (Fsp3) is 0.651. The number of esters is 1. The first-order valence-corrected chi connectivity index (χ1v) is 19.7. The molecule has 0 radical (unpaired) electrons. The van der Waals surface area contributed by atoms with E-state index in [-0.39, 0.29) is 19.6 Å². The topological polar surface area (TPSA) is 135 Å². The van der Waals surface area contributed by atoms with Crippen LogP contribution in [0.25, 0.3) is 0 Å². The van der Waals surface area contributed by atoms with E-state index < -0.39 is 49.4 Å². The summed E-state index contributed by atoms with van der Waals surface area (Å²) in [5.41, 5.74) is 0. The van der Waals surface area contributed by atoms with Crippen LogP contribution < -0.4 is 0 Å². The van der Waals surface area contributed by atoms with E-state index in [4.69, 9.17) is 18.9 Å². The maximum absolute atomic E-state index is 12.7. The maximum Gasteiger partial charge on any atom is 0.306 e. The van der Waals surface area contributed by atoms with Crippen molar-refractivity contribution in [3.05, 3.63) is 85.1 Å². The molecule has 1 saturated heterocycles. The average molecular weight is 731 g/mol. The molecule has 0 spiro atoms. The molecule has 296 valence electrons. The fourth-order valence-corrected chi connectivity index (χ4v) is 5.28. The lowest BCUT2D eigenvalue weighted by atomic mass is 9.99. The smallest absolute Gasteiger partial charge is 0.306 e. The summed E-state index contributed by atoms with van der Waals surface area (Å²) in [5, 5.41) is 40.0. The monoisotopic (exact) mass is 731 g/mol. The first-order valence-electron chi connectivity index (χ1n) is 19.7. The Morgan fingerprint density at radius 3 is 1.67 bits per heavy atom. The van der Waals surface area contributed by atoms with Crippen LogP contribution in [0, 0.1) is 0 Å². The van der Waals surface area contributed by atoms with Gasteiger partial charge in [0.1, 0.15) is 30.5 Å². The van der Waals surface area contributed by atoms with Gasteiger partial charge in [0, 0.05) is 13.0 Å². The van der Waals surface area contributed by atoms with Gasteiger partial charge in [0.05, 0.1) is 19.8 Å². The van der Waals surface area contributed by atoms with Gasteiger partial charge in [0.15, 0.2) is 6.29 Å². The van der Waals surface area contributed by atoms with Crippen molar-refractivity contribution >= 4 is 5.97 Å². The van der Waals surface area contributed by atoms with Crippen LogP contribution in [0.4, 0.5) is 0 Å². The molecule has 9 heteroatoms. The van der Waals surface area contributed by atoms with Crippen molar-refractivity contribution in [1.82, 2.24) is 0 Å². The van der Waals surface area contributed by atoms with Crippen molar-refractivity contribution < 1.29 is 44.2 Å². The average Bonchev–Trinajstić information content (AvgIpc) is 3.14. The largest absolute Gasteiger partial charge is 0.457 e. The van der Waals surface area contributed by atoms with Crippen molar-refractivity contribution in [1.29, 1.82) is 0 Å². The molecule has 1 aliphatic rings. The normalized spacial score (nSPS) is 22.2. The Hall–Kier alpha value is -2.63. The number of unbranched alkanes of at least 4 members (excludes halogenated alkanes) is 6. The highest BCUT2D eigenvalue weighted by Crippen LogP contribution is 2.22. The lowest BCUT2D eigenvalue weighted by molar-refractivity contribution is -0.305. The highest BCUT2D eigenvalue weighted by atomic mass is 16.7. The van der Waals surface area contributed by atoms with Gasteiger partial charge in [-0.05, 0) is 70.6 Å².